The number of alkyl halides is 1. The normalized spacial score (nSPS) is 16.2. The predicted octanol–water partition coefficient (Wildman–Crippen LogP) is 3.08. The van der Waals surface area contributed by atoms with E-state index in [0.29, 0.717) is 208 Å². The van der Waals surface area contributed by atoms with Crippen molar-refractivity contribution in [2.45, 2.75) is 116 Å². The second-order valence-electron chi connectivity index (χ2n) is 25.5. The molecule has 5 atom stereocenters. The van der Waals surface area contributed by atoms with Crippen LogP contribution in [0.3, 0.4) is 0 Å². The van der Waals surface area contributed by atoms with Gasteiger partial charge >= 0.3 is 0 Å². The van der Waals surface area contributed by atoms with Crippen molar-refractivity contribution in [3.05, 3.63) is 71.8 Å². The molecule has 2 aliphatic rings. The Morgan fingerprint density at radius 2 is 0.879 bits per heavy atom. The van der Waals surface area contributed by atoms with Crippen LogP contribution in [0.1, 0.15) is 84.3 Å². The summed E-state index contributed by atoms with van der Waals surface area (Å²) in [4.78, 5) is 94.9. The smallest absolute Gasteiger partial charge is 0.275 e. The van der Waals surface area contributed by atoms with Crippen molar-refractivity contribution in [1.29, 1.82) is 0 Å². The molecule has 0 radical (unpaired) electrons. The monoisotopic (exact) mass is 1470 g/mol. The SMILES string of the molecule is CC(C)C[C@H](NC(=O)[C@H](CCc1ccccc1)NC(=O)C[N+]1(CCCCNC(=O)CCOCCOCCOCCOCCOCCOCCOCCOCCOCCOCCOCCNC(=O)CBr)CCOCC1)C(=O)N[C@@H](Cc1ccccc1)C(=O)N[C@@H](CC(C)C)C(=O)[C@@]1(C)CO1. The topological polar surface area (TPSA) is 315 Å². The number of aryl methyl sites for hydroxylation is 1. The summed E-state index contributed by atoms with van der Waals surface area (Å²) in [7, 11) is 0. The Kier molecular flexibility index (Phi) is 46.7. The highest BCUT2D eigenvalue weighted by Crippen LogP contribution is 2.30. The number of carbonyl (C=O) groups excluding carboxylic acids is 7. The largest absolute Gasteiger partial charge is 0.379 e. The number of ketones is 1. The van der Waals surface area contributed by atoms with Gasteiger partial charge in [-0.1, -0.05) is 104 Å². The molecule has 0 unspecified atom stereocenters. The highest BCUT2D eigenvalue weighted by Gasteiger charge is 2.50. The third-order valence-corrected chi connectivity index (χ3v) is 16.6. The van der Waals surface area contributed by atoms with Crippen molar-refractivity contribution in [3.63, 3.8) is 0 Å². The minimum atomic E-state index is -1.08. The molecule has 562 valence electrons. The number of ether oxygens (including phenoxy) is 13. The highest BCUT2D eigenvalue weighted by atomic mass is 79.9. The Bertz CT molecular complexity index is 2500. The molecule has 2 fully saturated rings. The number of nitrogens with zero attached hydrogens (tertiary/aromatic N) is 1. The molecule has 0 spiro atoms. The van der Waals surface area contributed by atoms with Crippen LogP contribution in [0.25, 0.3) is 0 Å². The Balaban J connectivity index is 1.04. The van der Waals surface area contributed by atoms with E-state index in [-0.39, 0.29) is 86.1 Å². The van der Waals surface area contributed by atoms with E-state index in [0.717, 1.165) is 17.5 Å². The number of nitrogens with one attached hydrogen (secondary N) is 6. The average molecular weight is 1470 g/mol. The van der Waals surface area contributed by atoms with Gasteiger partial charge in [0.25, 0.3) is 5.91 Å². The maximum absolute atomic E-state index is 14.6. The molecule has 2 aromatic rings. The van der Waals surface area contributed by atoms with Crippen molar-refractivity contribution in [1.82, 2.24) is 31.9 Å². The zero-order valence-corrected chi connectivity index (χ0v) is 61.1. The number of amides is 6. The summed E-state index contributed by atoms with van der Waals surface area (Å²) in [6, 6.07) is 15.0. The summed E-state index contributed by atoms with van der Waals surface area (Å²) in [5, 5.41) is 17.9. The molecule has 6 amide bonds. The third kappa shape index (κ3) is 41.5. The van der Waals surface area contributed by atoms with E-state index < -0.39 is 47.5 Å². The molecule has 2 heterocycles. The van der Waals surface area contributed by atoms with Crippen LogP contribution in [0.5, 0.6) is 0 Å². The van der Waals surface area contributed by atoms with Gasteiger partial charge in [0.1, 0.15) is 36.8 Å². The number of epoxide rings is 1. The van der Waals surface area contributed by atoms with Gasteiger partial charge in [-0.25, -0.2) is 0 Å². The average Bonchev–Trinajstić information content (AvgIpc) is 1.70. The number of benzene rings is 2. The first kappa shape index (κ1) is 86.3. The van der Waals surface area contributed by atoms with Crippen LogP contribution in [0.4, 0.5) is 0 Å². The van der Waals surface area contributed by atoms with Gasteiger partial charge in [0, 0.05) is 25.9 Å². The molecule has 0 bridgehead atoms. The molecule has 2 aliphatic heterocycles. The molecule has 28 heteroatoms. The molecular formula is C71H117BrN7O20+. The lowest BCUT2D eigenvalue weighted by Crippen LogP contribution is -2.61. The lowest BCUT2D eigenvalue weighted by atomic mass is 9.93. The van der Waals surface area contributed by atoms with Crippen molar-refractivity contribution in [3.8, 4) is 0 Å². The van der Waals surface area contributed by atoms with Crippen molar-refractivity contribution >= 4 is 57.2 Å². The van der Waals surface area contributed by atoms with E-state index in [2.05, 4.69) is 47.8 Å². The van der Waals surface area contributed by atoms with E-state index in [4.69, 9.17) is 61.6 Å². The first-order valence-electron chi connectivity index (χ1n) is 35.4. The molecule has 27 nitrogen and oxygen atoms in total. The maximum Gasteiger partial charge on any atom is 0.275 e. The molecule has 0 aliphatic carbocycles. The Morgan fingerprint density at radius 1 is 0.475 bits per heavy atom. The second kappa shape index (κ2) is 53.6. The zero-order valence-electron chi connectivity index (χ0n) is 59.5. The number of carbonyl (C=O) groups is 7. The predicted molar refractivity (Wildman–Crippen MR) is 374 cm³/mol. The van der Waals surface area contributed by atoms with Crippen LogP contribution >= 0.6 is 15.9 Å². The summed E-state index contributed by atoms with van der Waals surface area (Å²) < 4.78 is 72.4. The van der Waals surface area contributed by atoms with Crippen LogP contribution in [0.2, 0.25) is 0 Å². The highest BCUT2D eigenvalue weighted by molar-refractivity contribution is 9.09. The van der Waals surface area contributed by atoms with Crippen LogP contribution in [-0.2, 0) is 108 Å². The number of morpholine rings is 1. The van der Waals surface area contributed by atoms with Crippen LogP contribution in [0, 0.1) is 11.8 Å². The van der Waals surface area contributed by atoms with Crippen molar-refractivity contribution in [2.24, 2.45) is 11.8 Å². The number of quaternary nitrogens is 1. The van der Waals surface area contributed by atoms with Gasteiger partial charge in [-0.2, -0.15) is 0 Å². The molecule has 0 aromatic heterocycles. The zero-order chi connectivity index (χ0) is 71.5. The van der Waals surface area contributed by atoms with Crippen LogP contribution < -0.4 is 31.9 Å². The van der Waals surface area contributed by atoms with Gasteiger partial charge in [0.2, 0.25) is 29.5 Å². The first-order valence-corrected chi connectivity index (χ1v) is 36.5. The lowest BCUT2D eigenvalue weighted by Gasteiger charge is -2.41. The third-order valence-electron chi connectivity index (χ3n) is 16.1. The van der Waals surface area contributed by atoms with Crippen LogP contribution in [0.15, 0.2) is 60.7 Å². The van der Waals surface area contributed by atoms with Gasteiger partial charge in [-0.05, 0) is 68.4 Å². The number of rotatable bonds is 62. The number of halogens is 1. The summed E-state index contributed by atoms with van der Waals surface area (Å²) in [5.74, 6) is -2.27. The van der Waals surface area contributed by atoms with Crippen LogP contribution in [-0.4, -0.2) is 285 Å². The van der Waals surface area contributed by atoms with Gasteiger partial charge in [-0.15, -0.1) is 0 Å². The minimum Gasteiger partial charge on any atom is -0.379 e. The summed E-state index contributed by atoms with van der Waals surface area (Å²) >= 11 is 3.09. The molecule has 0 saturated carbocycles. The Morgan fingerprint density at radius 3 is 1.34 bits per heavy atom. The summed E-state index contributed by atoms with van der Waals surface area (Å²) in [5.41, 5.74) is 0.808. The fraction of sp³-hybridized carbons (Fsp3) is 0.732. The summed E-state index contributed by atoms with van der Waals surface area (Å²) in [6.07, 6.45) is 3.15. The second-order valence-corrected chi connectivity index (χ2v) is 26.0. The van der Waals surface area contributed by atoms with E-state index >= 15 is 0 Å². The fourth-order valence-electron chi connectivity index (χ4n) is 10.5. The first-order chi connectivity index (χ1) is 48.0. The standard InChI is InChI=1S/C71H116BrN7O20/c1-56(2)50-61(67(83)71(5)55-99-71)76-70(86)63(52-59-16-10-7-11-17-59)78-69(85)62(51-57(3)4)77-68(84)60(19-18-58-14-8-6-9-15-58)75-66(82)54-79(24-28-89-29-25-79)23-13-12-21-73-64(80)20-26-87-30-32-90-34-36-92-38-40-94-42-44-96-46-48-98-49-47-97-45-43-95-41-39-93-37-35-91-33-31-88-27-22-74-65(81)53-72/h6-11,14-17,56-57,60-63H,12-13,18-55H2,1-5H3,(H5-,73,74,75,76,77,78,80,81,82,84,85,86)/p+1/t60-,61-,62-,63-,71+/m0/s1. The van der Waals surface area contributed by atoms with E-state index in [1.807, 2.05) is 88.4 Å². The number of Topliss-reactive ketones (excluding diaryl/α,β-unsaturated/α-hetero) is 1. The van der Waals surface area contributed by atoms with E-state index in [9.17, 15) is 33.6 Å². The number of hydrogen-bond donors (Lipinski definition) is 6. The Labute approximate surface area is 595 Å². The number of unbranched alkanes of at least 4 members (excludes halogenated alkanes) is 1. The molecule has 4 rings (SSSR count). The molecule has 2 aromatic carbocycles. The van der Waals surface area contributed by atoms with Gasteiger partial charge in [0.15, 0.2) is 12.3 Å². The van der Waals surface area contributed by atoms with Crippen molar-refractivity contribution < 1.29 is 99.6 Å². The number of hydrogen-bond acceptors (Lipinski definition) is 20. The van der Waals surface area contributed by atoms with Crippen molar-refractivity contribution in [2.75, 3.05) is 210 Å². The summed E-state index contributed by atoms with van der Waals surface area (Å²) in [6.45, 7) is 23.2. The van der Waals surface area contributed by atoms with Gasteiger partial charge in [0.05, 0.1) is 183 Å². The van der Waals surface area contributed by atoms with Gasteiger partial charge in [-0.3, -0.25) is 33.6 Å². The molecule has 6 N–H and O–H groups in total. The van der Waals surface area contributed by atoms with E-state index in [1.54, 1.807) is 6.92 Å². The molecule has 2 saturated heterocycles. The lowest BCUT2D eigenvalue weighted by molar-refractivity contribution is -0.928. The Hall–Kier alpha value is -5.15. The molecule has 99 heavy (non-hydrogen) atoms. The molecular weight excluding hydrogens is 1350 g/mol. The van der Waals surface area contributed by atoms with Gasteiger partial charge < -0.3 is 98.0 Å². The fourth-order valence-corrected chi connectivity index (χ4v) is 10.7. The maximum atomic E-state index is 14.6. The minimum absolute atomic E-state index is 0.0431. The van der Waals surface area contributed by atoms with E-state index in [1.165, 1.54) is 0 Å². The quantitative estimate of drug-likeness (QED) is 0.0240.